The second-order valence-electron chi connectivity index (χ2n) is 14.4. The van der Waals surface area contributed by atoms with Crippen molar-refractivity contribution in [3.63, 3.8) is 0 Å². The Hall–Kier alpha value is -0.870. The Kier molecular flexibility index (Phi) is 37.8. The van der Waals surface area contributed by atoms with Crippen molar-refractivity contribution in [3.05, 3.63) is 12.2 Å². The molecule has 0 aromatic rings. The van der Waals surface area contributed by atoms with E-state index in [0.717, 1.165) is 32.1 Å². The first kappa shape index (κ1) is 45.1. The van der Waals surface area contributed by atoms with E-state index in [2.05, 4.69) is 31.3 Å². The van der Waals surface area contributed by atoms with Crippen molar-refractivity contribution in [2.75, 3.05) is 6.61 Å². The monoisotopic (exact) mass is 650 g/mol. The summed E-state index contributed by atoms with van der Waals surface area (Å²) in [4.78, 5) is 12.4. The number of hydrogen-bond acceptors (Lipinski definition) is 3. The van der Waals surface area contributed by atoms with E-state index in [0.29, 0.717) is 12.8 Å². The van der Waals surface area contributed by atoms with Gasteiger partial charge in [-0.1, -0.05) is 199 Å². The molecule has 4 nitrogen and oxygen atoms in total. The molecule has 0 bridgehead atoms. The van der Waals surface area contributed by atoms with Gasteiger partial charge in [-0.2, -0.15) is 0 Å². The molecule has 0 saturated heterocycles. The second-order valence-corrected chi connectivity index (χ2v) is 14.4. The zero-order valence-electron chi connectivity index (χ0n) is 31.4. The topological polar surface area (TPSA) is 69.6 Å². The lowest BCUT2D eigenvalue weighted by molar-refractivity contribution is -0.123. The van der Waals surface area contributed by atoms with Crippen molar-refractivity contribution in [1.82, 2.24) is 5.32 Å². The molecule has 0 saturated carbocycles. The first-order chi connectivity index (χ1) is 22.7. The minimum absolute atomic E-state index is 0.0376. The van der Waals surface area contributed by atoms with Gasteiger partial charge in [0.15, 0.2) is 0 Å². The van der Waals surface area contributed by atoms with Crippen molar-refractivity contribution < 1.29 is 15.0 Å². The van der Waals surface area contributed by atoms with Gasteiger partial charge in [-0.15, -0.1) is 0 Å². The third kappa shape index (κ3) is 34.5. The van der Waals surface area contributed by atoms with E-state index >= 15 is 0 Å². The molecule has 0 unspecified atom stereocenters. The van der Waals surface area contributed by atoms with Gasteiger partial charge in [-0.05, 0) is 38.5 Å². The molecular weight excluding hydrogens is 566 g/mol. The number of carbonyl (C=O) groups excluding carboxylic acids is 1. The summed E-state index contributed by atoms with van der Waals surface area (Å²) in [5.74, 6) is -0.0376. The standard InChI is InChI=1S/C42H83NO3/c1-3-5-7-9-11-13-15-17-19-21-23-25-27-29-31-33-35-37-41(45)40(39-44)43-42(46)38-36-34-32-30-28-26-24-22-20-18-16-14-12-10-8-6-4-2/h27,29,40-41,44-45H,3-26,28,30-39H2,1-2H3,(H,43,46)/b29-27+/t40-,41+/m0/s1. The molecule has 1 amide bonds. The average Bonchev–Trinajstić information content (AvgIpc) is 3.06. The second kappa shape index (κ2) is 38.6. The average molecular weight is 650 g/mol. The van der Waals surface area contributed by atoms with Gasteiger partial charge >= 0.3 is 0 Å². The Balaban J connectivity index is 3.54. The fourth-order valence-corrected chi connectivity index (χ4v) is 6.53. The summed E-state index contributed by atoms with van der Waals surface area (Å²) in [6.45, 7) is 4.36. The first-order valence-electron chi connectivity index (χ1n) is 20.9. The molecule has 0 radical (unpaired) electrons. The molecule has 274 valence electrons. The number of rotatable bonds is 38. The van der Waals surface area contributed by atoms with Gasteiger partial charge < -0.3 is 15.5 Å². The summed E-state index contributed by atoms with van der Waals surface area (Å²) >= 11 is 0. The molecule has 0 spiro atoms. The SMILES string of the molecule is CCCCCCCCCCCCC/C=C/CCCC[C@@H](O)[C@H](CO)NC(=O)CCCCCCCCCCCCCCCCCCC. The van der Waals surface area contributed by atoms with Gasteiger partial charge in [0.2, 0.25) is 5.91 Å². The van der Waals surface area contributed by atoms with E-state index in [4.69, 9.17) is 0 Å². The van der Waals surface area contributed by atoms with Crippen LogP contribution >= 0.6 is 0 Å². The van der Waals surface area contributed by atoms with Crippen LogP contribution in [0.2, 0.25) is 0 Å². The van der Waals surface area contributed by atoms with Gasteiger partial charge in [0.1, 0.15) is 0 Å². The number of allylic oxidation sites excluding steroid dienone is 2. The summed E-state index contributed by atoms with van der Waals surface area (Å²) in [5, 5.41) is 23.1. The van der Waals surface area contributed by atoms with Crippen LogP contribution in [0.15, 0.2) is 12.2 Å². The molecule has 3 N–H and O–H groups in total. The maximum Gasteiger partial charge on any atom is 0.220 e. The van der Waals surface area contributed by atoms with Gasteiger partial charge in [-0.3, -0.25) is 4.79 Å². The van der Waals surface area contributed by atoms with Gasteiger partial charge in [0.25, 0.3) is 0 Å². The molecule has 0 aromatic heterocycles. The number of aliphatic hydroxyl groups excluding tert-OH is 2. The molecule has 0 aromatic carbocycles. The lowest BCUT2D eigenvalue weighted by Gasteiger charge is -2.22. The van der Waals surface area contributed by atoms with Crippen molar-refractivity contribution in [1.29, 1.82) is 0 Å². The van der Waals surface area contributed by atoms with E-state index in [1.807, 2.05) is 0 Å². The molecule has 0 fully saturated rings. The summed E-state index contributed by atoms with van der Waals surface area (Å²) in [7, 11) is 0. The van der Waals surface area contributed by atoms with Crippen molar-refractivity contribution in [2.24, 2.45) is 0 Å². The van der Waals surface area contributed by atoms with E-state index in [-0.39, 0.29) is 12.5 Å². The molecule has 46 heavy (non-hydrogen) atoms. The van der Waals surface area contributed by atoms with Crippen LogP contribution in [-0.4, -0.2) is 34.9 Å². The third-order valence-corrected chi connectivity index (χ3v) is 9.78. The van der Waals surface area contributed by atoms with Crippen LogP contribution in [-0.2, 0) is 4.79 Å². The van der Waals surface area contributed by atoms with Crippen molar-refractivity contribution in [2.45, 2.75) is 244 Å². The number of aliphatic hydroxyl groups is 2. The molecule has 0 heterocycles. The van der Waals surface area contributed by atoms with E-state index in [9.17, 15) is 15.0 Å². The minimum Gasteiger partial charge on any atom is -0.394 e. The summed E-state index contributed by atoms with van der Waals surface area (Å²) in [5.41, 5.74) is 0. The Morgan fingerprint density at radius 2 is 0.826 bits per heavy atom. The summed E-state index contributed by atoms with van der Waals surface area (Å²) in [6, 6.07) is -0.546. The van der Waals surface area contributed by atoms with Crippen molar-refractivity contribution >= 4 is 5.91 Å². The number of amides is 1. The number of carbonyl (C=O) groups is 1. The normalized spacial score (nSPS) is 13.0. The molecule has 0 rings (SSSR count). The molecular formula is C42H83NO3. The predicted molar refractivity (Wildman–Crippen MR) is 202 cm³/mol. The van der Waals surface area contributed by atoms with Gasteiger partial charge in [0.05, 0.1) is 18.8 Å². The molecule has 0 aliphatic rings. The zero-order valence-corrected chi connectivity index (χ0v) is 31.4. The van der Waals surface area contributed by atoms with Gasteiger partial charge in [0, 0.05) is 6.42 Å². The zero-order chi connectivity index (χ0) is 33.6. The molecule has 4 heteroatoms. The minimum atomic E-state index is -0.676. The van der Waals surface area contributed by atoms with Crippen LogP contribution in [0.4, 0.5) is 0 Å². The third-order valence-electron chi connectivity index (χ3n) is 9.78. The highest BCUT2D eigenvalue weighted by atomic mass is 16.3. The van der Waals surface area contributed by atoms with E-state index < -0.39 is 12.1 Å². The fraction of sp³-hybridized carbons (Fsp3) is 0.929. The quantitative estimate of drug-likeness (QED) is 0.0460. The number of hydrogen-bond donors (Lipinski definition) is 3. The highest BCUT2D eigenvalue weighted by Crippen LogP contribution is 2.15. The highest BCUT2D eigenvalue weighted by Gasteiger charge is 2.19. The molecule has 2 atom stereocenters. The van der Waals surface area contributed by atoms with Gasteiger partial charge in [-0.25, -0.2) is 0 Å². The molecule has 0 aliphatic carbocycles. The summed E-state index contributed by atoms with van der Waals surface area (Å²) in [6.07, 6.45) is 47.1. The molecule has 0 aliphatic heterocycles. The highest BCUT2D eigenvalue weighted by molar-refractivity contribution is 5.76. The Morgan fingerprint density at radius 3 is 1.20 bits per heavy atom. The maximum absolute atomic E-state index is 12.4. The number of unbranched alkanes of at least 4 members (excludes halogenated alkanes) is 29. The van der Waals surface area contributed by atoms with E-state index in [1.54, 1.807) is 0 Å². The van der Waals surface area contributed by atoms with E-state index in [1.165, 1.54) is 173 Å². The maximum atomic E-state index is 12.4. The Labute approximate surface area is 288 Å². The smallest absolute Gasteiger partial charge is 0.220 e. The fourth-order valence-electron chi connectivity index (χ4n) is 6.53. The first-order valence-corrected chi connectivity index (χ1v) is 20.9. The van der Waals surface area contributed by atoms with Crippen LogP contribution in [0, 0.1) is 0 Å². The lowest BCUT2D eigenvalue weighted by atomic mass is 10.0. The van der Waals surface area contributed by atoms with Crippen LogP contribution in [0.5, 0.6) is 0 Å². The number of nitrogens with one attached hydrogen (secondary N) is 1. The predicted octanol–water partition coefficient (Wildman–Crippen LogP) is 12.7. The van der Waals surface area contributed by atoms with Crippen LogP contribution in [0.1, 0.15) is 232 Å². The van der Waals surface area contributed by atoms with Crippen LogP contribution in [0.3, 0.4) is 0 Å². The Bertz CT molecular complexity index is 622. The van der Waals surface area contributed by atoms with Crippen LogP contribution in [0.25, 0.3) is 0 Å². The Morgan fingerprint density at radius 1 is 0.500 bits per heavy atom. The summed E-state index contributed by atoms with van der Waals surface area (Å²) < 4.78 is 0. The van der Waals surface area contributed by atoms with Crippen molar-refractivity contribution in [3.8, 4) is 0 Å². The van der Waals surface area contributed by atoms with Crippen LogP contribution < -0.4 is 5.32 Å². The largest absolute Gasteiger partial charge is 0.394 e. The lowest BCUT2D eigenvalue weighted by Crippen LogP contribution is -2.45.